The number of carbonyl (C=O) groups is 1. The third-order valence-electron chi connectivity index (χ3n) is 3.13. The molecular formula is C16H26N2O2. The van der Waals surface area contributed by atoms with Crippen LogP contribution in [0.3, 0.4) is 0 Å². The molecule has 0 radical (unpaired) electrons. The Morgan fingerprint density at radius 3 is 2.70 bits per heavy atom. The molecule has 1 amide bonds. The maximum atomic E-state index is 11.2. The van der Waals surface area contributed by atoms with Gasteiger partial charge in [0.2, 0.25) is 5.91 Å². The molecule has 0 heterocycles. The van der Waals surface area contributed by atoms with Gasteiger partial charge in [-0.05, 0) is 37.8 Å². The van der Waals surface area contributed by atoms with E-state index in [9.17, 15) is 4.79 Å². The Morgan fingerprint density at radius 1 is 1.30 bits per heavy atom. The van der Waals surface area contributed by atoms with Crippen molar-refractivity contribution in [2.24, 2.45) is 5.73 Å². The van der Waals surface area contributed by atoms with Crippen LogP contribution in [0, 0.1) is 0 Å². The normalized spacial score (nSPS) is 12.2. The number of nitrogens with two attached hydrogens (primary N) is 1. The first-order chi connectivity index (χ1) is 9.74. The number of hydrogen-bond acceptors (Lipinski definition) is 3. The summed E-state index contributed by atoms with van der Waals surface area (Å²) in [7, 11) is 0. The van der Waals surface area contributed by atoms with Crippen LogP contribution in [0.15, 0.2) is 30.3 Å². The fourth-order valence-electron chi connectivity index (χ4n) is 1.99. The van der Waals surface area contributed by atoms with Crippen molar-refractivity contribution in [3.63, 3.8) is 0 Å². The van der Waals surface area contributed by atoms with Crippen molar-refractivity contribution >= 4 is 5.91 Å². The van der Waals surface area contributed by atoms with Crippen molar-refractivity contribution in [1.82, 2.24) is 5.32 Å². The van der Waals surface area contributed by atoms with E-state index in [4.69, 9.17) is 10.5 Å². The number of nitrogens with one attached hydrogen (secondary N) is 1. The topological polar surface area (TPSA) is 64.3 Å². The highest BCUT2D eigenvalue weighted by Gasteiger charge is 2.13. The molecule has 0 saturated carbocycles. The van der Waals surface area contributed by atoms with Gasteiger partial charge in [-0.2, -0.15) is 0 Å². The van der Waals surface area contributed by atoms with Gasteiger partial charge >= 0.3 is 0 Å². The molecule has 1 atom stereocenters. The zero-order valence-corrected chi connectivity index (χ0v) is 12.3. The highest BCUT2D eigenvalue weighted by molar-refractivity contribution is 5.79. The molecular weight excluding hydrogens is 252 g/mol. The van der Waals surface area contributed by atoms with Gasteiger partial charge in [-0.25, -0.2) is 0 Å². The van der Waals surface area contributed by atoms with Crippen LogP contribution in [0.5, 0.6) is 0 Å². The van der Waals surface area contributed by atoms with Crippen LogP contribution in [-0.4, -0.2) is 31.7 Å². The Bertz CT molecular complexity index is 368. The van der Waals surface area contributed by atoms with E-state index in [1.165, 1.54) is 5.56 Å². The standard InChI is InChI=1S/C16H26N2O2/c1-2-11-18-15(16(17)19)10-13-20-12-6-9-14-7-4-3-5-8-14/h3-5,7-8,15,18H,2,6,9-13H2,1H3,(H2,17,19). The van der Waals surface area contributed by atoms with E-state index in [-0.39, 0.29) is 11.9 Å². The molecule has 4 heteroatoms. The van der Waals surface area contributed by atoms with Gasteiger partial charge in [0, 0.05) is 13.2 Å². The second-order valence-corrected chi connectivity index (χ2v) is 4.90. The van der Waals surface area contributed by atoms with Crippen molar-refractivity contribution in [2.45, 2.75) is 38.6 Å². The number of aryl methyl sites for hydroxylation is 1. The second-order valence-electron chi connectivity index (χ2n) is 4.90. The molecule has 0 aromatic heterocycles. The fraction of sp³-hybridized carbons (Fsp3) is 0.562. The maximum Gasteiger partial charge on any atom is 0.234 e. The van der Waals surface area contributed by atoms with E-state index in [0.717, 1.165) is 25.8 Å². The lowest BCUT2D eigenvalue weighted by molar-refractivity contribution is -0.120. The Labute approximate surface area is 121 Å². The summed E-state index contributed by atoms with van der Waals surface area (Å²) >= 11 is 0. The lowest BCUT2D eigenvalue weighted by Crippen LogP contribution is -2.42. The average Bonchev–Trinajstić information content (AvgIpc) is 2.46. The van der Waals surface area contributed by atoms with Gasteiger partial charge in [-0.3, -0.25) is 4.79 Å². The van der Waals surface area contributed by atoms with Gasteiger partial charge in [0.05, 0.1) is 6.04 Å². The molecule has 3 N–H and O–H groups in total. The average molecular weight is 278 g/mol. The number of rotatable bonds is 11. The first kappa shape index (κ1) is 16.7. The van der Waals surface area contributed by atoms with Gasteiger partial charge in [-0.15, -0.1) is 0 Å². The lowest BCUT2D eigenvalue weighted by Gasteiger charge is -2.14. The molecule has 1 unspecified atom stereocenters. The van der Waals surface area contributed by atoms with Gasteiger partial charge in [0.1, 0.15) is 0 Å². The molecule has 0 aliphatic rings. The summed E-state index contributed by atoms with van der Waals surface area (Å²) < 4.78 is 5.57. The third-order valence-corrected chi connectivity index (χ3v) is 3.13. The zero-order valence-electron chi connectivity index (χ0n) is 12.3. The van der Waals surface area contributed by atoms with Crippen molar-refractivity contribution in [2.75, 3.05) is 19.8 Å². The van der Waals surface area contributed by atoms with Crippen LogP contribution in [0.1, 0.15) is 31.7 Å². The molecule has 0 fully saturated rings. The zero-order chi connectivity index (χ0) is 14.6. The molecule has 0 aliphatic carbocycles. The van der Waals surface area contributed by atoms with E-state index in [1.807, 2.05) is 18.2 Å². The van der Waals surface area contributed by atoms with Crippen molar-refractivity contribution < 1.29 is 9.53 Å². The van der Waals surface area contributed by atoms with Gasteiger partial charge in [-0.1, -0.05) is 37.3 Å². The van der Waals surface area contributed by atoms with Crippen molar-refractivity contribution in [3.05, 3.63) is 35.9 Å². The monoisotopic (exact) mass is 278 g/mol. The largest absolute Gasteiger partial charge is 0.381 e. The van der Waals surface area contributed by atoms with Crippen LogP contribution < -0.4 is 11.1 Å². The van der Waals surface area contributed by atoms with Gasteiger partial charge in [0.15, 0.2) is 0 Å². The van der Waals surface area contributed by atoms with E-state index in [2.05, 4.69) is 24.4 Å². The number of benzene rings is 1. The molecule has 1 rings (SSSR count). The van der Waals surface area contributed by atoms with E-state index < -0.39 is 0 Å². The minimum Gasteiger partial charge on any atom is -0.381 e. The maximum absolute atomic E-state index is 11.2. The number of carbonyl (C=O) groups excluding carboxylic acids is 1. The molecule has 0 aliphatic heterocycles. The summed E-state index contributed by atoms with van der Waals surface area (Å²) in [6, 6.07) is 10.1. The van der Waals surface area contributed by atoms with E-state index >= 15 is 0 Å². The predicted molar refractivity (Wildman–Crippen MR) is 81.5 cm³/mol. The first-order valence-corrected chi connectivity index (χ1v) is 7.38. The van der Waals surface area contributed by atoms with Crippen LogP contribution in [0.25, 0.3) is 0 Å². The smallest absolute Gasteiger partial charge is 0.234 e. The number of ether oxygens (including phenoxy) is 1. The molecule has 0 spiro atoms. The third kappa shape index (κ3) is 7.26. The summed E-state index contributed by atoms with van der Waals surface area (Å²) in [5, 5.41) is 3.13. The Kier molecular flexibility index (Phi) is 8.67. The molecule has 20 heavy (non-hydrogen) atoms. The summed E-state index contributed by atoms with van der Waals surface area (Å²) in [5.41, 5.74) is 6.67. The van der Waals surface area contributed by atoms with Gasteiger partial charge in [0.25, 0.3) is 0 Å². The Hall–Kier alpha value is -1.39. The van der Waals surface area contributed by atoms with Crippen molar-refractivity contribution in [3.8, 4) is 0 Å². The molecule has 4 nitrogen and oxygen atoms in total. The van der Waals surface area contributed by atoms with E-state index in [1.54, 1.807) is 0 Å². The number of amides is 1. The minimum absolute atomic E-state index is 0.274. The van der Waals surface area contributed by atoms with Crippen LogP contribution in [0.4, 0.5) is 0 Å². The number of primary amides is 1. The van der Waals surface area contributed by atoms with Gasteiger partial charge < -0.3 is 15.8 Å². The molecule has 112 valence electrons. The number of hydrogen-bond donors (Lipinski definition) is 2. The summed E-state index contributed by atoms with van der Waals surface area (Å²) in [6.07, 6.45) is 3.64. The van der Waals surface area contributed by atoms with Crippen molar-refractivity contribution in [1.29, 1.82) is 0 Å². The predicted octanol–water partition coefficient (Wildman–Crippen LogP) is 1.88. The molecule has 0 saturated heterocycles. The van der Waals surface area contributed by atoms with Crippen LogP contribution in [0.2, 0.25) is 0 Å². The Balaban J connectivity index is 2.07. The highest BCUT2D eigenvalue weighted by Crippen LogP contribution is 2.02. The first-order valence-electron chi connectivity index (χ1n) is 7.38. The lowest BCUT2D eigenvalue weighted by atomic mass is 10.1. The van der Waals surface area contributed by atoms with Crippen LogP contribution >= 0.6 is 0 Å². The summed E-state index contributed by atoms with van der Waals surface area (Å²) in [5.74, 6) is -0.300. The summed E-state index contributed by atoms with van der Waals surface area (Å²) in [4.78, 5) is 11.2. The SMILES string of the molecule is CCCNC(CCOCCCc1ccccc1)C(N)=O. The van der Waals surface area contributed by atoms with E-state index in [0.29, 0.717) is 19.6 Å². The molecule has 1 aromatic rings. The second kappa shape index (κ2) is 10.4. The fourth-order valence-corrected chi connectivity index (χ4v) is 1.99. The summed E-state index contributed by atoms with van der Waals surface area (Å²) in [6.45, 7) is 4.15. The molecule has 0 bridgehead atoms. The quantitative estimate of drug-likeness (QED) is 0.607. The highest BCUT2D eigenvalue weighted by atomic mass is 16.5. The Morgan fingerprint density at radius 2 is 2.05 bits per heavy atom. The van der Waals surface area contributed by atoms with Crippen LogP contribution in [-0.2, 0) is 16.0 Å². The minimum atomic E-state index is -0.300. The molecule has 1 aromatic carbocycles.